The number of carbonyl (C=O) groups is 1. The van der Waals surface area contributed by atoms with Gasteiger partial charge in [0.25, 0.3) is 0 Å². The normalized spacial score (nSPS) is 17.9. The van der Waals surface area contributed by atoms with E-state index in [-0.39, 0.29) is 11.3 Å². The number of nitrogens with one attached hydrogen (secondary N) is 1. The van der Waals surface area contributed by atoms with E-state index in [2.05, 4.69) is 12.2 Å². The van der Waals surface area contributed by atoms with Crippen LogP contribution >= 0.6 is 0 Å². The molecule has 0 aliphatic heterocycles. The van der Waals surface area contributed by atoms with Crippen LogP contribution < -0.4 is 11.1 Å². The molecular weight excluding hydrogens is 248 g/mol. The van der Waals surface area contributed by atoms with Crippen LogP contribution in [0.4, 0.5) is 0 Å². The van der Waals surface area contributed by atoms with Crippen molar-refractivity contribution in [3.8, 4) is 0 Å². The third-order valence-electron chi connectivity index (χ3n) is 4.74. The van der Waals surface area contributed by atoms with Crippen molar-refractivity contribution in [2.75, 3.05) is 13.1 Å². The molecule has 1 aliphatic rings. The van der Waals surface area contributed by atoms with E-state index < -0.39 is 0 Å². The predicted octanol–water partition coefficient (Wildman–Crippen LogP) is 3.76. The van der Waals surface area contributed by atoms with E-state index in [1.54, 1.807) is 0 Å². The molecular formula is C17H34N2O. The molecule has 1 amide bonds. The van der Waals surface area contributed by atoms with Gasteiger partial charge in [0.2, 0.25) is 5.91 Å². The Balaban J connectivity index is 2.10. The fourth-order valence-corrected chi connectivity index (χ4v) is 3.29. The van der Waals surface area contributed by atoms with E-state index in [9.17, 15) is 4.79 Å². The molecule has 1 rings (SSSR count). The molecule has 0 saturated heterocycles. The summed E-state index contributed by atoms with van der Waals surface area (Å²) in [4.78, 5) is 12.0. The fourth-order valence-electron chi connectivity index (χ4n) is 3.29. The van der Waals surface area contributed by atoms with Crippen LogP contribution in [0.25, 0.3) is 0 Å². The molecule has 0 radical (unpaired) electrons. The van der Waals surface area contributed by atoms with Crippen LogP contribution in [0.3, 0.4) is 0 Å². The first-order valence-electron chi connectivity index (χ1n) is 8.69. The predicted molar refractivity (Wildman–Crippen MR) is 85.6 cm³/mol. The minimum atomic E-state index is 0.101. The lowest BCUT2D eigenvalue weighted by molar-refractivity contribution is -0.123. The Kier molecular flexibility index (Phi) is 8.92. The smallest absolute Gasteiger partial charge is 0.220 e. The number of nitrogens with two attached hydrogens (primary N) is 1. The van der Waals surface area contributed by atoms with Gasteiger partial charge in [0.05, 0.1) is 0 Å². The van der Waals surface area contributed by atoms with Crippen molar-refractivity contribution in [2.45, 2.75) is 84.0 Å². The highest BCUT2D eigenvalue weighted by Crippen LogP contribution is 2.38. The molecule has 0 aromatic heterocycles. The van der Waals surface area contributed by atoms with E-state index in [1.165, 1.54) is 51.4 Å². The molecule has 3 nitrogen and oxygen atoms in total. The summed E-state index contributed by atoms with van der Waals surface area (Å²) >= 11 is 0. The third-order valence-corrected chi connectivity index (χ3v) is 4.74. The number of rotatable bonds is 10. The Morgan fingerprint density at radius 1 is 1.05 bits per heavy atom. The molecule has 0 unspecified atom stereocenters. The molecule has 0 aromatic carbocycles. The molecule has 0 heterocycles. The zero-order chi connectivity index (χ0) is 14.7. The van der Waals surface area contributed by atoms with E-state index in [1.807, 2.05) is 0 Å². The second-order valence-corrected chi connectivity index (χ2v) is 6.56. The Labute approximate surface area is 125 Å². The van der Waals surface area contributed by atoms with Crippen molar-refractivity contribution in [3.63, 3.8) is 0 Å². The van der Waals surface area contributed by atoms with Gasteiger partial charge in [0.15, 0.2) is 0 Å². The maximum Gasteiger partial charge on any atom is 0.220 e. The summed E-state index contributed by atoms with van der Waals surface area (Å²) in [6.07, 6.45) is 14.3. The number of unbranched alkanes of at least 4 members (excludes halogenated alkanes) is 5. The van der Waals surface area contributed by atoms with Gasteiger partial charge in [0, 0.05) is 13.0 Å². The average Bonchev–Trinajstić information content (AvgIpc) is 2.47. The van der Waals surface area contributed by atoms with Crippen LogP contribution in [0.2, 0.25) is 0 Å². The minimum Gasteiger partial charge on any atom is -0.356 e. The Bertz CT molecular complexity index is 260. The molecule has 0 spiro atoms. The number of hydrogen-bond donors (Lipinski definition) is 2. The molecule has 3 heteroatoms. The molecule has 0 aromatic rings. The van der Waals surface area contributed by atoms with Gasteiger partial charge < -0.3 is 11.1 Å². The molecule has 1 saturated carbocycles. The number of amides is 1. The van der Waals surface area contributed by atoms with Gasteiger partial charge in [-0.25, -0.2) is 0 Å². The summed E-state index contributed by atoms with van der Waals surface area (Å²) in [6, 6.07) is 0. The van der Waals surface area contributed by atoms with Crippen LogP contribution in [0.5, 0.6) is 0 Å². The van der Waals surface area contributed by atoms with E-state index >= 15 is 0 Å². The highest BCUT2D eigenvalue weighted by atomic mass is 16.1. The first-order chi connectivity index (χ1) is 9.72. The summed E-state index contributed by atoms with van der Waals surface area (Å²) in [5.41, 5.74) is 6.03. The van der Waals surface area contributed by atoms with Crippen molar-refractivity contribution >= 4 is 5.91 Å². The Morgan fingerprint density at radius 3 is 2.35 bits per heavy atom. The van der Waals surface area contributed by atoms with E-state index in [0.717, 1.165) is 25.8 Å². The monoisotopic (exact) mass is 282 g/mol. The lowest BCUT2D eigenvalue weighted by Gasteiger charge is -2.35. The summed E-state index contributed by atoms with van der Waals surface area (Å²) in [7, 11) is 0. The molecule has 1 fully saturated rings. The first kappa shape index (κ1) is 17.5. The molecule has 118 valence electrons. The summed E-state index contributed by atoms with van der Waals surface area (Å²) in [5.74, 6) is 0.214. The Hall–Kier alpha value is -0.570. The van der Waals surface area contributed by atoms with Crippen molar-refractivity contribution in [1.29, 1.82) is 0 Å². The van der Waals surface area contributed by atoms with Crippen molar-refractivity contribution in [3.05, 3.63) is 0 Å². The van der Waals surface area contributed by atoms with Gasteiger partial charge in [-0.15, -0.1) is 0 Å². The number of carbonyl (C=O) groups excluding carboxylic acids is 1. The largest absolute Gasteiger partial charge is 0.356 e. The van der Waals surface area contributed by atoms with E-state index in [4.69, 9.17) is 5.73 Å². The lowest BCUT2D eigenvalue weighted by Crippen LogP contribution is -2.38. The van der Waals surface area contributed by atoms with Gasteiger partial charge in [-0.2, -0.15) is 0 Å². The zero-order valence-corrected chi connectivity index (χ0v) is 13.4. The van der Waals surface area contributed by atoms with Crippen molar-refractivity contribution in [2.24, 2.45) is 11.1 Å². The van der Waals surface area contributed by atoms with Gasteiger partial charge in [-0.1, -0.05) is 58.3 Å². The SMILES string of the molecule is CCCCCCCCNC(=O)CC1(CN)CCCCC1. The second-order valence-electron chi connectivity index (χ2n) is 6.56. The van der Waals surface area contributed by atoms with Crippen LogP contribution in [-0.2, 0) is 4.79 Å². The molecule has 3 N–H and O–H groups in total. The van der Waals surface area contributed by atoms with Gasteiger partial charge >= 0.3 is 0 Å². The van der Waals surface area contributed by atoms with Crippen LogP contribution in [0, 0.1) is 5.41 Å². The summed E-state index contributed by atoms with van der Waals surface area (Å²) < 4.78 is 0. The summed E-state index contributed by atoms with van der Waals surface area (Å²) in [5, 5.41) is 3.09. The summed E-state index contributed by atoms with van der Waals surface area (Å²) in [6.45, 7) is 3.74. The second kappa shape index (κ2) is 10.2. The van der Waals surface area contributed by atoms with Crippen LogP contribution in [-0.4, -0.2) is 19.0 Å². The van der Waals surface area contributed by atoms with Crippen LogP contribution in [0.15, 0.2) is 0 Å². The molecule has 0 bridgehead atoms. The highest BCUT2D eigenvalue weighted by molar-refractivity contribution is 5.76. The lowest BCUT2D eigenvalue weighted by atomic mass is 9.71. The molecule has 1 aliphatic carbocycles. The maximum atomic E-state index is 12.0. The zero-order valence-electron chi connectivity index (χ0n) is 13.4. The first-order valence-corrected chi connectivity index (χ1v) is 8.69. The quantitative estimate of drug-likeness (QED) is 0.599. The topological polar surface area (TPSA) is 55.1 Å². The van der Waals surface area contributed by atoms with Gasteiger partial charge in [-0.3, -0.25) is 4.79 Å². The standard InChI is InChI=1S/C17H34N2O/c1-2-3-4-5-6-10-13-19-16(20)14-17(15-18)11-8-7-9-12-17/h2-15,18H2,1H3,(H,19,20). The third kappa shape index (κ3) is 6.74. The average molecular weight is 282 g/mol. The highest BCUT2D eigenvalue weighted by Gasteiger charge is 2.32. The van der Waals surface area contributed by atoms with Gasteiger partial charge in [-0.05, 0) is 31.2 Å². The Morgan fingerprint density at radius 2 is 1.70 bits per heavy atom. The van der Waals surface area contributed by atoms with Crippen molar-refractivity contribution in [1.82, 2.24) is 5.32 Å². The van der Waals surface area contributed by atoms with Crippen LogP contribution in [0.1, 0.15) is 84.0 Å². The van der Waals surface area contributed by atoms with Crippen molar-refractivity contribution < 1.29 is 4.79 Å². The molecule has 0 atom stereocenters. The fraction of sp³-hybridized carbons (Fsp3) is 0.941. The van der Waals surface area contributed by atoms with Gasteiger partial charge in [0.1, 0.15) is 0 Å². The number of hydrogen-bond acceptors (Lipinski definition) is 2. The maximum absolute atomic E-state index is 12.0. The van der Waals surface area contributed by atoms with E-state index in [0.29, 0.717) is 13.0 Å². The minimum absolute atomic E-state index is 0.101. The molecule has 20 heavy (non-hydrogen) atoms.